The Morgan fingerprint density at radius 3 is 2.34 bits per heavy atom. The number of benzene rings is 4. The van der Waals surface area contributed by atoms with Gasteiger partial charge in [-0.2, -0.15) is 0 Å². The lowest BCUT2D eigenvalue weighted by molar-refractivity contribution is -0.122. The van der Waals surface area contributed by atoms with Gasteiger partial charge in [0, 0.05) is 27.6 Å². The molecule has 1 aliphatic rings. The second-order valence-corrected chi connectivity index (χ2v) is 9.98. The number of hydrazine groups is 1. The number of para-hydroxylation sites is 1. The van der Waals surface area contributed by atoms with Crippen molar-refractivity contribution in [3.8, 4) is 17.0 Å². The van der Waals surface area contributed by atoms with Crippen LogP contribution in [0, 0.1) is 6.92 Å². The Balaban J connectivity index is 1.34. The fourth-order valence-corrected chi connectivity index (χ4v) is 5.38. The molecule has 1 atom stereocenters. The van der Waals surface area contributed by atoms with Crippen LogP contribution in [-0.2, 0) is 4.79 Å². The Morgan fingerprint density at radius 2 is 1.59 bits per heavy atom. The van der Waals surface area contributed by atoms with Crippen LogP contribution < -0.4 is 15.6 Å². The Labute approximate surface area is 236 Å². The number of aryl methyl sites for hydroxylation is 1. The van der Waals surface area contributed by atoms with Crippen LogP contribution in [0.25, 0.3) is 22.2 Å². The van der Waals surface area contributed by atoms with Crippen LogP contribution in [0.5, 0.6) is 5.75 Å². The molecule has 8 heteroatoms. The van der Waals surface area contributed by atoms with Crippen molar-refractivity contribution in [3.63, 3.8) is 0 Å². The van der Waals surface area contributed by atoms with Gasteiger partial charge in [0.15, 0.2) is 0 Å². The number of fused-ring (bicyclic) bond motifs is 2. The van der Waals surface area contributed by atoms with Crippen molar-refractivity contribution in [1.82, 2.24) is 20.7 Å². The van der Waals surface area contributed by atoms with E-state index >= 15 is 0 Å². The lowest BCUT2D eigenvalue weighted by Gasteiger charge is -2.26. The molecule has 0 radical (unpaired) electrons. The number of amides is 3. The van der Waals surface area contributed by atoms with Gasteiger partial charge < -0.3 is 14.6 Å². The van der Waals surface area contributed by atoms with E-state index in [0.29, 0.717) is 16.9 Å². The summed E-state index contributed by atoms with van der Waals surface area (Å²) in [7, 11) is 1.54. The lowest BCUT2D eigenvalue weighted by atomic mass is 9.93. The van der Waals surface area contributed by atoms with Crippen LogP contribution in [0.4, 0.5) is 0 Å². The molecule has 3 N–H and O–H groups in total. The Hall–Kier alpha value is -5.37. The van der Waals surface area contributed by atoms with Crippen molar-refractivity contribution in [1.29, 1.82) is 0 Å². The summed E-state index contributed by atoms with van der Waals surface area (Å²) in [4.78, 5) is 44.6. The molecule has 3 amide bonds. The van der Waals surface area contributed by atoms with Gasteiger partial charge in [0.2, 0.25) is 0 Å². The van der Waals surface area contributed by atoms with Crippen molar-refractivity contribution < 1.29 is 19.1 Å². The summed E-state index contributed by atoms with van der Waals surface area (Å²) in [5.41, 5.74) is 11.5. The number of aromatic amines is 1. The van der Waals surface area contributed by atoms with Crippen LogP contribution in [0.1, 0.15) is 43.4 Å². The van der Waals surface area contributed by atoms with Crippen molar-refractivity contribution in [2.45, 2.75) is 13.0 Å². The number of carbonyl (C=O) groups is 3. The fraction of sp³-hybridized carbons (Fsp3) is 0.121. The molecule has 0 bridgehead atoms. The first-order valence-corrected chi connectivity index (χ1v) is 13.3. The maximum absolute atomic E-state index is 13.7. The first-order chi connectivity index (χ1) is 19.9. The van der Waals surface area contributed by atoms with Gasteiger partial charge in [-0.1, -0.05) is 66.2 Å². The lowest BCUT2D eigenvalue weighted by Crippen LogP contribution is -2.47. The van der Waals surface area contributed by atoms with Crippen molar-refractivity contribution in [2.24, 2.45) is 0 Å². The van der Waals surface area contributed by atoms with E-state index in [4.69, 9.17) is 4.74 Å². The van der Waals surface area contributed by atoms with E-state index in [1.54, 1.807) is 42.3 Å². The van der Waals surface area contributed by atoms with E-state index in [9.17, 15) is 14.4 Å². The third-order valence-corrected chi connectivity index (χ3v) is 7.40. The fourth-order valence-electron chi connectivity index (χ4n) is 5.38. The topological polar surface area (TPSA) is 104 Å². The molecule has 1 aromatic heterocycles. The molecular weight excluding hydrogens is 516 g/mol. The standard InChI is InChI=1S/C33H28N4O4/c1-20-11-13-21(14-12-20)30-29(26-9-5-6-10-27(26)34-30)31-24-7-3-4-8-25(24)33(40)37(31)19-28(38)35-36-32(39)22-15-17-23(41-2)18-16-22/h3-18,31,34H,19H2,1-2H3,(H,35,38)(H,36,39). The average Bonchev–Trinajstić information content (AvgIpc) is 3.51. The van der Waals surface area contributed by atoms with Crippen LogP contribution in [0.15, 0.2) is 97.1 Å². The minimum absolute atomic E-state index is 0.248. The van der Waals surface area contributed by atoms with Gasteiger partial charge in [-0.15, -0.1) is 0 Å². The highest BCUT2D eigenvalue weighted by molar-refractivity contribution is 6.04. The summed E-state index contributed by atoms with van der Waals surface area (Å²) in [6, 6.07) is 29.6. The molecular formula is C33H28N4O4. The molecule has 0 saturated carbocycles. The highest BCUT2D eigenvalue weighted by Gasteiger charge is 2.41. The number of nitrogens with one attached hydrogen (secondary N) is 3. The average molecular weight is 545 g/mol. The predicted molar refractivity (Wildman–Crippen MR) is 156 cm³/mol. The summed E-state index contributed by atoms with van der Waals surface area (Å²) in [5.74, 6) is -0.630. The van der Waals surface area contributed by atoms with Gasteiger partial charge in [0.05, 0.1) is 18.8 Å². The molecule has 204 valence electrons. The number of methoxy groups -OCH3 is 1. The second-order valence-electron chi connectivity index (χ2n) is 9.98. The molecule has 2 heterocycles. The summed E-state index contributed by atoms with van der Waals surface area (Å²) in [6.07, 6.45) is 0. The second kappa shape index (κ2) is 10.7. The molecule has 4 aromatic carbocycles. The normalized spacial score (nSPS) is 14.1. The first kappa shape index (κ1) is 25.9. The molecule has 1 unspecified atom stereocenters. The Kier molecular flexibility index (Phi) is 6.73. The highest BCUT2D eigenvalue weighted by atomic mass is 16.5. The van der Waals surface area contributed by atoms with Crippen molar-refractivity contribution >= 4 is 28.6 Å². The van der Waals surface area contributed by atoms with E-state index in [1.807, 2.05) is 49.4 Å². The first-order valence-electron chi connectivity index (χ1n) is 13.3. The van der Waals surface area contributed by atoms with Gasteiger partial charge in [-0.25, -0.2) is 0 Å². The SMILES string of the molecule is COc1ccc(C(=O)NNC(=O)CN2C(=O)c3ccccc3C2c2c(-c3ccc(C)cc3)[nH]c3ccccc23)cc1. The zero-order valence-corrected chi connectivity index (χ0v) is 22.6. The minimum atomic E-state index is -0.519. The van der Waals surface area contributed by atoms with Gasteiger partial charge in [0.1, 0.15) is 12.3 Å². The highest BCUT2D eigenvalue weighted by Crippen LogP contribution is 2.45. The number of hydrogen-bond acceptors (Lipinski definition) is 4. The number of H-pyrrole nitrogens is 1. The number of ether oxygens (including phenoxy) is 1. The molecule has 6 rings (SSSR count). The molecule has 41 heavy (non-hydrogen) atoms. The zero-order chi connectivity index (χ0) is 28.5. The number of nitrogens with zero attached hydrogens (tertiary/aromatic N) is 1. The van der Waals surface area contributed by atoms with Gasteiger partial charge in [-0.3, -0.25) is 25.2 Å². The summed E-state index contributed by atoms with van der Waals surface area (Å²) in [6.45, 7) is 1.78. The zero-order valence-electron chi connectivity index (χ0n) is 22.6. The minimum Gasteiger partial charge on any atom is -0.497 e. The van der Waals surface area contributed by atoms with E-state index in [0.717, 1.165) is 38.9 Å². The molecule has 0 spiro atoms. The van der Waals surface area contributed by atoms with Gasteiger partial charge in [-0.05, 0) is 54.4 Å². The molecule has 8 nitrogen and oxygen atoms in total. The molecule has 0 aliphatic carbocycles. The third-order valence-electron chi connectivity index (χ3n) is 7.40. The van der Waals surface area contributed by atoms with E-state index in [2.05, 4.69) is 40.1 Å². The summed E-state index contributed by atoms with van der Waals surface area (Å²) >= 11 is 0. The number of hydrogen-bond donors (Lipinski definition) is 3. The number of aromatic nitrogens is 1. The van der Waals surface area contributed by atoms with Crippen LogP contribution in [0.2, 0.25) is 0 Å². The van der Waals surface area contributed by atoms with Crippen molar-refractivity contribution in [2.75, 3.05) is 13.7 Å². The quantitative estimate of drug-likeness (QED) is 0.257. The molecule has 0 fully saturated rings. The van der Waals surface area contributed by atoms with E-state index < -0.39 is 17.9 Å². The van der Waals surface area contributed by atoms with Crippen LogP contribution in [-0.4, -0.2) is 41.3 Å². The van der Waals surface area contributed by atoms with E-state index in [1.165, 1.54) is 0 Å². The van der Waals surface area contributed by atoms with Gasteiger partial charge in [0.25, 0.3) is 17.7 Å². The van der Waals surface area contributed by atoms with Crippen molar-refractivity contribution in [3.05, 3.63) is 125 Å². The smallest absolute Gasteiger partial charge is 0.269 e. The molecule has 1 aliphatic heterocycles. The largest absolute Gasteiger partial charge is 0.497 e. The molecule has 0 saturated heterocycles. The molecule has 5 aromatic rings. The number of rotatable bonds is 6. The van der Waals surface area contributed by atoms with Crippen LogP contribution in [0.3, 0.4) is 0 Å². The predicted octanol–water partition coefficient (Wildman–Crippen LogP) is 5.16. The number of carbonyl (C=O) groups excluding carboxylic acids is 3. The van der Waals surface area contributed by atoms with E-state index in [-0.39, 0.29) is 12.5 Å². The summed E-state index contributed by atoms with van der Waals surface area (Å²) < 4.78 is 5.13. The maximum atomic E-state index is 13.7. The monoisotopic (exact) mass is 544 g/mol. The van der Waals surface area contributed by atoms with Gasteiger partial charge >= 0.3 is 0 Å². The maximum Gasteiger partial charge on any atom is 0.269 e. The Morgan fingerprint density at radius 1 is 0.878 bits per heavy atom. The van der Waals surface area contributed by atoms with Crippen LogP contribution >= 0.6 is 0 Å². The summed E-state index contributed by atoms with van der Waals surface area (Å²) in [5, 5.41) is 0.968. The third kappa shape index (κ3) is 4.80. The Bertz CT molecular complexity index is 1770.